The lowest BCUT2D eigenvalue weighted by Gasteiger charge is -2.15. The van der Waals surface area contributed by atoms with E-state index < -0.39 is 10.3 Å². The summed E-state index contributed by atoms with van der Waals surface area (Å²) in [6, 6.07) is 1.66. The molecule has 1 fully saturated rings. The molecule has 0 spiro atoms. The topological polar surface area (TPSA) is 142 Å². The van der Waals surface area contributed by atoms with Crippen LogP contribution in [-0.2, 0) is 21.0 Å². The van der Waals surface area contributed by atoms with E-state index in [0.29, 0.717) is 24.3 Å². The van der Waals surface area contributed by atoms with E-state index in [0.717, 1.165) is 12.8 Å². The van der Waals surface area contributed by atoms with Crippen molar-refractivity contribution in [3.8, 4) is 11.8 Å². The lowest BCUT2D eigenvalue weighted by atomic mass is 10.1. The number of ketones is 1. The van der Waals surface area contributed by atoms with Gasteiger partial charge in [-0.1, -0.05) is 5.92 Å². The van der Waals surface area contributed by atoms with Crippen LogP contribution in [0.1, 0.15) is 42.2 Å². The molecule has 3 N–H and O–H groups in total. The summed E-state index contributed by atoms with van der Waals surface area (Å²) in [4.78, 5) is 21.0. The first-order chi connectivity index (χ1) is 13.9. The summed E-state index contributed by atoms with van der Waals surface area (Å²) in [6.07, 6.45) is 6.77. The van der Waals surface area contributed by atoms with Crippen molar-refractivity contribution >= 4 is 21.9 Å². The Morgan fingerprint density at radius 1 is 1.45 bits per heavy atom. The van der Waals surface area contributed by atoms with Crippen LogP contribution in [0.3, 0.4) is 0 Å². The Morgan fingerprint density at radius 3 is 3.03 bits per heavy atom. The number of rotatable bonds is 8. The zero-order valence-electron chi connectivity index (χ0n) is 15.9. The SMILES string of the molecule is CC#CCn1ccc(C(=O)c2cncnc2N[C@H]2CC[C@@H](COS(N)(=O)=O)C2)n1. The molecule has 154 valence electrons. The van der Waals surface area contributed by atoms with E-state index in [1.807, 2.05) is 0 Å². The molecule has 1 saturated carbocycles. The summed E-state index contributed by atoms with van der Waals surface area (Å²) in [7, 11) is -3.94. The molecule has 0 saturated heterocycles. The second-order valence-electron chi connectivity index (χ2n) is 6.74. The highest BCUT2D eigenvalue weighted by molar-refractivity contribution is 7.84. The van der Waals surface area contributed by atoms with Crippen LogP contribution in [0.25, 0.3) is 0 Å². The summed E-state index contributed by atoms with van der Waals surface area (Å²) >= 11 is 0. The fourth-order valence-corrected chi connectivity index (χ4v) is 3.60. The third-order valence-corrected chi connectivity index (χ3v) is 5.06. The number of carbonyl (C=O) groups excluding carboxylic acids is 1. The summed E-state index contributed by atoms with van der Waals surface area (Å²) in [5, 5.41) is 12.4. The van der Waals surface area contributed by atoms with Crippen LogP contribution in [0.5, 0.6) is 0 Å². The monoisotopic (exact) mass is 418 g/mol. The Labute approximate surface area is 169 Å². The highest BCUT2D eigenvalue weighted by atomic mass is 32.2. The van der Waals surface area contributed by atoms with Crippen molar-refractivity contribution in [3.63, 3.8) is 0 Å². The van der Waals surface area contributed by atoms with E-state index in [9.17, 15) is 13.2 Å². The number of aromatic nitrogens is 4. The minimum atomic E-state index is -3.94. The molecule has 10 nitrogen and oxygen atoms in total. The van der Waals surface area contributed by atoms with Crippen molar-refractivity contribution in [1.82, 2.24) is 19.7 Å². The van der Waals surface area contributed by atoms with Crippen LogP contribution >= 0.6 is 0 Å². The molecule has 0 unspecified atom stereocenters. The first-order valence-corrected chi connectivity index (χ1v) is 10.5. The van der Waals surface area contributed by atoms with Crippen LogP contribution < -0.4 is 10.5 Å². The van der Waals surface area contributed by atoms with E-state index in [4.69, 9.17) is 5.14 Å². The number of anilines is 1. The molecular formula is C18H22N6O4S. The summed E-state index contributed by atoms with van der Waals surface area (Å²) in [5.41, 5.74) is 0.607. The summed E-state index contributed by atoms with van der Waals surface area (Å²) < 4.78 is 28.2. The van der Waals surface area contributed by atoms with Crippen molar-refractivity contribution in [2.45, 2.75) is 38.8 Å². The molecule has 0 radical (unpaired) electrons. The van der Waals surface area contributed by atoms with Gasteiger partial charge in [0.2, 0.25) is 5.78 Å². The Balaban J connectivity index is 1.67. The fraction of sp³-hybridized carbons (Fsp3) is 0.444. The van der Waals surface area contributed by atoms with Gasteiger partial charge in [-0.15, -0.1) is 5.92 Å². The Hall–Kier alpha value is -2.81. The maximum atomic E-state index is 12.9. The second-order valence-corrected chi connectivity index (χ2v) is 7.96. The molecule has 3 rings (SSSR count). The van der Waals surface area contributed by atoms with Gasteiger partial charge in [-0.3, -0.25) is 13.7 Å². The number of nitrogens with zero attached hydrogens (tertiary/aromatic N) is 4. The molecule has 2 atom stereocenters. The molecule has 2 aromatic rings. The summed E-state index contributed by atoms with van der Waals surface area (Å²) in [5.74, 6) is 5.86. The third kappa shape index (κ3) is 5.83. The van der Waals surface area contributed by atoms with Crippen LogP contribution in [0, 0.1) is 17.8 Å². The van der Waals surface area contributed by atoms with E-state index >= 15 is 0 Å². The van der Waals surface area contributed by atoms with Gasteiger partial charge < -0.3 is 5.32 Å². The van der Waals surface area contributed by atoms with E-state index in [1.165, 1.54) is 12.5 Å². The van der Waals surface area contributed by atoms with Crippen molar-refractivity contribution in [3.05, 3.63) is 36.0 Å². The molecule has 1 aliphatic rings. The number of hydrogen-bond acceptors (Lipinski definition) is 8. The van der Waals surface area contributed by atoms with Crippen LogP contribution in [0.15, 0.2) is 24.8 Å². The minimum Gasteiger partial charge on any atom is -0.367 e. The van der Waals surface area contributed by atoms with Crippen molar-refractivity contribution in [2.24, 2.45) is 11.1 Å². The maximum Gasteiger partial charge on any atom is 0.333 e. The highest BCUT2D eigenvalue weighted by Crippen LogP contribution is 2.29. The van der Waals surface area contributed by atoms with Gasteiger partial charge in [0.05, 0.1) is 12.2 Å². The quantitative estimate of drug-likeness (QED) is 0.472. The Bertz CT molecular complexity index is 1040. The minimum absolute atomic E-state index is 0.0305. The average molecular weight is 418 g/mol. The van der Waals surface area contributed by atoms with Gasteiger partial charge in [0, 0.05) is 18.4 Å². The fourth-order valence-electron chi connectivity index (χ4n) is 3.22. The number of carbonyl (C=O) groups is 1. The van der Waals surface area contributed by atoms with E-state index in [2.05, 4.69) is 36.4 Å². The lowest BCUT2D eigenvalue weighted by Crippen LogP contribution is -2.22. The second kappa shape index (κ2) is 9.13. The van der Waals surface area contributed by atoms with Crippen molar-refractivity contribution in [1.29, 1.82) is 0 Å². The number of hydrogen-bond donors (Lipinski definition) is 2. The van der Waals surface area contributed by atoms with Crippen molar-refractivity contribution in [2.75, 3.05) is 11.9 Å². The maximum absolute atomic E-state index is 12.9. The molecule has 0 amide bonds. The molecule has 0 aromatic carbocycles. The Kier molecular flexibility index (Phi) is 6.58. The standard InChI is InChI=1S/C18H22N6O4S/c1-2-3-7-24-8-6-16(23-24)17(25)15-10-20-12-21-18(15)22-14-5-4-13(9-14)11-28-29(19,26)27/h6,8,10,12-14H,4-5,7,9,11H2,1H3,(H2,19,26,27)(H,20,21,22)/t13-,14+/m1/s1. The van der Waals surface area contributed by atoms with Crippen molar-refractivity contribution < 1.29 is 17.4 Å². The van der Waals surface area contributed by atoms with E-state index in [1.54, 1.807) is 23.9 Å². The zero-order valence-corrected chi connectivity index (χ0v) is 16.7. The first-order valence-electron chi connectivity index (χ1n) is 9.07. The molecule has 2 aromatic heterocycles. The molecule has 11 heteroatoms. The smallest absolute Gasteiger partial charge is 0.333 e. The lowest BCUT2D eigenvalue weighted by molar-refractivity contribution is 0.103. The van der Waals surface area contributed by atoms with Crippen LogP contribution in [0.4, 0.5) is 5.82 Å². The van der Waals surface area contributed by atoms with Gasteiger partial charge in [0.15, 0.2) is 0 Å². The van der Waals surface area contributed by atoms with Gasteiger partial charge >= 0.3 is 10.3 Å². The third-order valence-electron chi connectivity index (χ3n) is 4.60. The molecule has 29 heavy (non-hydrogen) atoms. The number of nitrogens with one attached hydrogen (secondary N) is 1. The molecule has 1 aliphatic carbocycles. The van der Waals surface area contributed by atoms with Gasteiger partial charge in [0.1, 0.15) is 24.4 Å². The molecule has 0 bridgehead atoms. The average Bonchev–Trinajstić information content (AvgIpc) is 3.33. The molecule has 0 aliphatic heterocycles. The normalized spacial score (nSPS) is 18.8. The largest absolute Gasteiger partial charge is 0.367 e. The highest BCUT2D eigenvalue weighted by Gasteiger charge is 2.28. The predicted octanol–water partition coefficient (Wildman–Crippen LogP) is 0.728. The Morgan fingerprint density at radius 2 is 2.28 bits per heavy atom. The van der Waals surface area contributed by atoms with Crippen LogP contribution in [0.2, 0.25) is 0 Å². The van der Waals surface area contributed by atoms with Gasteiger partial charge in [0.25, 0.3) is 0 Å². The van der Waals surface area contributed by atoms with E-state index in [-0.39, 0.29) is 30.0 Å². The number of nitrogens with two attached hydrogens (primary N) is 1. The first kappa shape index (κ1) is 20.9. The molecular weight excluding hydrogens is 396 g/mol. The summed E-state index contributed by atoms with van der Waals surface area (Å²) in [6.45, 7) is 2.19. The molecule has 2 heterocycles. The van der Waals surface area contributed by atoms with Gasteiger partial charge in [-0.25, -0.2) is 15.1 Å². The van der Waals surface area contributed by atoms with Gasteiger partial charge in [-0.05, 0) is 38.2 Å². The van der Waals surface area contributed by atoms with Crippen LogP contribution in [-0.4, -0.2) is 46.6 Å². The zero-order chi connectivity index (χ0) is 20.9. The van der Waals surface area contributed by atoms with Gasteiger partial charge in [-0.2, -0.15) is 13.5 Å². The predicted molar refractivity (Wildman–Crippen MR) is 105 cm³/mol.